The van der Waals surface area contributed by atoms with E-state index in [1.54, 1.807) is 0 Å². The van der Waals surface area contributed by atoms with Gasteiger partial charge in [0.05, 0.1) is 25.4 Å². The largest absolute Gasteiger partial charge is 0.392 e. The van der Waals surface area contributed by atoms with Crippen molar-refractivity contribution in [2.75, 3.05) is 24.7 Å². The lowest BCUT2D eigenvalue weighted by Gasteiger charge is -2.44. The van der Waals surface area contributed by atoms with Gasteiger partial charge in [-0.05, 0) is 31.5 Å². The maximum atomic E-state index is 9.16. The lowest BCUT2D eigenvalue weighted by Crippen LogP contribution is -2.53. The summed E-state index contributed by atoms with van der Waals surface area (Å²) in [5.74, 6) is 0. The van der Waals surface area contributed by atoms with Crippen LogP contribution in [0, 0.1) is 0 Å². The molecule has 1 aromatic carbocycles. The lowest BCUT2D eigenvalue weighted by atomic mass is 10.0. The van der Waals surface area contributed by atoms with Crippen LogP contribution in [0.25, 0.3) is 0 Å². The van der Waals surface area contributed by atoms with Gasteiger partial charge in [0.25, 0.3) is 0 Å². The highest BCUT2D eigenvalue weighted by atomic mass is 79.9. The van der Waals surface area contributed by atoms with Gasteiger partial charge in [-0.25, -0.2) is 0 Å². The van der Waals surface area contributed by atoms with Crippen LogP contribution in [0.2, 0.25) is 0 Å². The minimum atomic E-state index is 0.0123. The monoisotopic (exact) mass is 299 g/mol. The summed E-state index contributed by atoms with van der Waals surface area (Å²) < 4.78 is 6.48. The van der Waals surface area contributed by atoms with E-state index in [-0.39, 0.29) is 12.1 Å². The van der Waals surface area contributed by atoms with E-state index in [0.717, 1.165) is 29.8 Å². The first-order valence-corrected chi connectivity index (χ1v) is 6.58. The van der Waals surface area contributed by atoms with Crippen molar-refractivity contribution in [3.63, 3.8) is 0 Å². The number of aliphatic hydroxyl groups is 1. The van der Waals surface area contributed by atoms with E-state index in [4.69, 9.17) is 9.84 Å². The van der Waals surface area contributed by atoms with E-state index >= 15 is 0 Å². The number of nitrogens with zero attached hydrogens (tertiary/aromatic N) is 1. The topological polar surface area (TPSA) is 32.7 Å². The fourth-order valence-corrected chi connectivity index (χ4v) is 2.66. The number of rotatable bonds is 2. The van der Waals surface area contributed by atoms with Crippen LogP contribution in [-0.2, 0) is 11.3 Å². The van der Waals surface area contributed by atoms with Gasteiger partial charge >= 0.3 is 0 Å². The molecule has 1 fully saturated rings. The zero-order chi connectivity index (χ0) is 12.5. The first-order chi connectivity index (χ1) is 8.04. The molecular formula is C13H18BrNO2. The van der Waals surface area contributed by atoms with Gasteiger partial charge in [-0.15, -0.1) is 0 Å². The Hall–Kier alpha value is -0.580. The smallest absolute Gasteiger partial charge is 0.0694 e. The van der Waals surface area contributed by atoms with Crippen molar-refractivity contribution in [3.05, 3.63) is 28.2 Å². The number of anilines is 1. The summed E-state index contributed by atoms with van der Waals surface area (Å²) in [6.45, 7) is 6.83. The molecule has 1 heterocycles. The van der Waals surface area contributed by atoms with E-state index in [0.29, 0.717) is 0 Å². The standard InChI is InChI=1S/C13H18BrNO2/c1-13(2)9-17-6-5-15(13)11-4-3-10(8-16)12(14)7-11/h3-4,7,16H,5-6,8-9H2,1-2H3. The highest BCUT2D eigenvalue weighted by Crippen LogP contribution is 2.30. The maximum absolute atomic E-state index is 9.16. The number of ether oxygens (including phenoxy) is 1. The van der Waals surface area contributed by atoms with Crippen LogP contribution in [0.5, 0.6) is 0 Å². The fourth-order valence-electron chi connectivity index (χ4n) is 2.17. The first-order valence-electron chi connectivity index (χ1n) is 5.79. The molecule has 3 nitrogen and oxygen atoms in total. The van der Waals surface area contributed by atoms with Crippen molar-refractivity contribution in [1.29, 1.82) is 0 Å². The molecular weight excluding hydrogens is 282 g/mol. The maximum Gasteiger partial charge on any atom is 0.0694 e. The quantitative estimate of drug-likeness (QED) is 0.911. The van der Waals surface area contributed by atoms with E-state index < -0.39 is 0 Å². The Labute approximate surface area is 111 Å². The van der Waals surface area contributed by atoms with Crippen molar-refractivity contribution >= 4 is 21.6 Å². The number of aliphatic hydroxyl groups excluding tert-OH is 1. The van der Waals surface area contributed by atoms with Crippen molar-refractivity contribution < 1.29 is 9.84 Å². The average Bonchev–Trinajstić information content (AvgIpc) is 2.28. The normalized spacial score (nSPS) is 19.4. The van der Waals surface area contributed by atoms with Crippen LogP contribution in [-0.4, -0.2) is 30.4 Å². The van der Waals surface area contributed by atoms with E-state index in [1.807, 2.05) is 6.07 Å². The molecule has 1 aliphatic heterocycles. The average molecular weight is 300 g/mol. The Morgan fingerprint density at radius 1 is 1.47 bits per heavy atom. The first kappa shape index (κ1) is 12.9. The highest BCUT2D eigenvalue weighted by Gasteiger charge is 2.30. The van der Waals surface area contributed by atoms with E-state index in [2.05, 4.69) is 46.8 Å². The molecule has 1 aliphatic rings. The van der Waals surface area contributed by atoms with Crippen LogP contribution < -0.4 is 4.90 Å². The lowest BCUT2D eigenvalue weighted by molar-refractivity contribution is 0.0644. The molecule has 0 spiro atoms. The minimum Gasteiger partial charge on any atom is -0.392 e. The predicted molar refractivity (Wildman–Crippen MR) is 72.3 cm³/mol. The molecule has 2 rings (SSSR count). The van der Waals surface area contributed by atoms with E-state index in [1.165, 1.54) is 5.69 Å². The third kappa shape index (κ3) is 2.64. The fraction of sp³-hybridized carbons (Fsp3) is 0.538. The number of halogens is 1. The van der Waals surface area contributed by atoms with Crippen molar-refractivity contribution in [1.82, 2.24) is 0 Å². The molecule has 1 aromatic rings. The molecule has 17 heavy (non-hydrogen) atoms. The molecule has 4 heteroatoms. The number of hydrogen-bond donors (Lipinski definition) is 1. The van der Waals surface area contributed by atoms with Crippen molar-refractivity contribution in [2.24, 2.45) is 0 Å². The molecule has 0 aromatic heterocycles. The molecule has 0 atom stereocenters. The van der Waals surface area contributed by atoms with Gasteiger partial charge in [-0.3, -0.25) is 0 Å². The molecule has 94 valence electrons. The van der Waals surface area contributed by atoms with Crippen molar-refractivity contribution in [2.45, 2.75) is 26.0 Å². The van der Waals surface area contributed by atoms with Crippen LogP contribution in [0.15, 0.2) is 22.7 Å². The Bertz CT molecular complexity index is 406. The Kier molecular flexibility index (Phi) is 3.76. The van der Waals surface area contributed by atoms with Crippen LogP contribution in [0.3, 0.4) is 0 Å². The third-order valence-corrected chi connectivity index (χ3v) is 3.90. The van der Waals surface area contributed by atoms with Crippen LogP contribution >= 0.6 is 15.9 Å². The minimum absolute atomic E-state index is 0.0123. The Balaban J connectivity index is 2.30. The number of benzene rings is 1. The third-order valence-electron chi connectivity index (χ3n) is 3.16. The Morgan fingerprint density at radius 2 is 2.24 bits per heavy atom. The molecule has 0 bridgehead atoms. The summed E-state index contributed by atoms with van der Waals surface area (Å²) in [7, 11) is 0. The molecule has 0 aliphatic carbocycles. The second-order valence-corrected chi connectivity index (χ2v) is 5.80. The van der Waals surface area contributed by atoms with Gasteiger partial charge in [0.2, 0.25) is 0 Å². The zero-order valence-corrected chi connectivity index (χ0v) is 11.8. The van der Waals surface area contributed by atoms with Gasteiger partial charge < -0.3 is 14.7 Å². The molecule has 0 unspecified atom stereocenters. The number of morpholine rings is 1. The second-order valence-electron chi connectivity index (χ2n) is 4.95. The van der Waals surface area contributed by atoms with Gasteiger partial charge in [0.15, 0.2) is 0 Å². The Morgan fingerprint density at radius 3 is 2.82 bits per heavy atom. The number of hydrogen-bond acceptors (Lipinski definition) is 3. The zero-order valence-electron chi connectivity index (χ0n) is 10.2. The van der Waals surface area contributed by atoms with Crippen molar-refractivity contribution in [3.8, 4) is 0 Å². The molecule has 1 saturated heterocycles. The second kappa shape index (κ2) is 4.96. The van der Waals surface area contributed by atoms with Gasteiger partial charge in [0.1, 0.15) is 0 Å². The summed E-state index contributed by atoms with van der Waals surface area (Å²) in [6.07, 6.45) is 0. The molecule has 0 saturated carbocycles. The summed E-state index contributed by atoms with van der Waals surface area (Å²) in [6, 6.07) is 6.09. The summed E-state index contributed by atoms with van der Waals surface area (Å²) in [4.78, 5) is 2.35. The molecule has 1 N–H and O–H groups in total. The predicted octanol–water partition coefficient (Wildman–Crippen LogP) is 2.56. The van der Waals surface area contributed by atoms with Gasteiger partial charge in [0, 0.05) is 16.7 Å². The summed E-state index contributed by atoms with van der Waals surface area (Å²) in [5, 5.41) is 9.16. The van der Waals surface area contributed by atoms with Gasteiger partial charge in [-0.1, -0.05) is 22.0 Å². The highest BCUT2D eigenvalue weighted by molar-refractivity contribution is 9.10. The summed E-state index contributed by atoms with van der Waals surface area (Å²) >= 11 is 3.49. The van der Waals surface area contributed by atoms with Crippen LogP contribution in [0.1, 0.15) is 19.4 Å². The van der Waals surface area contributed by atoms with Crippen LogP contribution in [0.4, 0.5) is 5.69 Å². The van der Waals surface area contributed by atoms with Gasteiger partial charge in [-0.2, -0.15) is 0 Å². The molecule has 0 radical (unpaired) electrons. The molecule has 0 amide bonds. The van der Waals surface area contributed by atoms with E-state index in [9.17, 15) is 0 Å². The SMILES string of the molecule is CC1(C)COCCN1c1ccc(CO)c(Br)c1. The summed E-state index contributed by atoms with van der Waals surface area (Å²) in [5.41, 5.74) is 2.10.